The van der Waals surface area contributed by atoms with Crippen molar-refractivity contribution in [3.05, 3.63) is 57.8 Å². The van der Waals surface area contributed by atoms with Crippen molar-refractivity contribution in [2.45, 2.75) is 25.7 Å². The molecule has 25 heavy (non-hydrogen) atoms. The minimum atomic E-state index is -0.357. The van der Waals surface area contributed by atoms with E-state index in [-0.39, 0.29) is 28.1 Å². The van der Waals surface area contributed by atoms with Crippen molar-refractivity contribution in [3.63, 3.8) is 0 Å². The van der Waals surface area contributed by atoms with E-state index in [2.05, 4.69) is 46.1 Å². The van der Waals surface area contributed by atoms with Crippen LogP contribution >= 0.6 is 0 Å². The summed E-state index contributed by atoms with van der Waals surface area (Å²) in [5.74, 6) is -0.179. The second-order valence-electron chi connectivity index (χ2n) is 7.05. The van der Waals surface area contributed by atoms with Crippen LogP contribution in [0.3, 0.4) is 0 Å². The number of hydrogen-bond donors (Lipinski definition) is 2. The quantitative estimate of drug-likeness (QED) is 0.705. The molecule has 1 amide bonds. The van der Waals surface area contributed by atoms with Crippen molar-refractivity contribution in [1.29, 1.82) is 0 Å². The van der Waals surface area contributed by atoms with Crippen LogP contribution in [-0.2, 0) is 11.8 Å². The number of amides is 1. The minimum absolute atomic E-state index is 0.156. The number of fused-ring (bicyclic) bond motifs is 2. The second-order valence-corrected chi connectivity index (χ2v) is 7.05. The summed E-state index contributed by atoms with van der Waals surface area (Å²) in [7, 11) is 0. The molecule has 2 aromatic heterocycles. The van der Waals surface area contributed by atoms with E-state index in [1.807, 2.05) is 17.0 Å². The summed E-state index contributed by atoms with van der Waals surface area (Å²) in [4.78, 5) is 33.3. The number of rotatable bonds is 1. The van der Waals surface area contributed by atoms with Gasteiger partial charge in [0.2, 0.25) is 0 Å². The molecule has 0 saturated heterocycles. The molecule has 0 spiro atoms. The highest BCUT2D eigenvalue weighted by Gasteiger charge is 2.33. The lowest BCUT2D eigenvalue weighted by Gasteiger charge is -2.30. The summed E-state index contributed by atoms with van der Waals surface area (Å²) in [6, 6.07) is 8.33. The predicted octanol–water partition coefficient (Wildman–Crippen LogP) is 1.62. The molecule has 7 heteroatoms. The summed E-state index contributed by atoms with van der Waals surface area (Å²) in [5.41, 5.74) is 2.76. The molecule has 7 nitrogen and oxygen atoms in total. The van der Waals surface area contributed by atoms with Crippen LogP contribution in [0.4, 0.5) is 0 Å². The van der Waals surface area contributed by atoms with Crippen molar-refractivity contribution in [1.82, 2.24) is 25.1 Å². The third kappa shape index (κ3) is 2.52. The average molecular weight is 337 g/mol. The Morgan fingerprint density at radius 2 is 2.04 bits per heavy atom. The van der Waals surface area contributed by atoms with Gasteiger partial charge in [0.1, 0.15) is 11.2 Å². The number of carbonyl (C=O) groups excluding carboxylic acids is 1. The first-order valence-electron chi connectivity index (χ1n) is 8.27. The van der Waals surface area contributed by atoms with E-state index in [4.69, 9.17) is 0 Å². The molecule has 0 aliphatic carbocycles. The summed E-state index contributed by atoms with van der Waals surface area (Å²) >= 11 is 0. The Morgan fingerprint density at radius 1 is 1.24 bits per heavy atom. The van der Waals surface area contributed by atoms with Crippen LogP contribution in [0, 0.1) is 0 Å². The van der Waals surface area contributed by atoms with Gasteiger partial charge in [0.05, 0.1) is 6.33 Å². The third-order valence-electron chi connectivity index (χ3n) is 4.83. The number of nitrogens with one attached hydrogen (secondary N) is 2. The van der Waals surface area contributed by atoms with E-state index in [0.29, 0.717) is 18.6 Å². The SMILES string of the molecule is CC1(C)CN(C(=O)c2[nH]nc3c(=O)[nH]cnc23)CCc2ccccc21. The zero-order valence-corrected chi connectivity index (χ0v) is 14.2. The Hall–Kier alpha value is -2.96. The Morgan fingerprint density at radius 3 is 2.88 bits per heavy atom. The number of benzene rings is 1. The molecule has 1 aliphatic heterocycles. The molecule has 1 aliphatic rings. The van der Waals surface area contributed by atoms with Crippen molar-refractivity contribution in [3.8, 4) is 0 Å². The fraction of sp³-hybridized carbons (Fsp3) is 0.333. The fourth-order valence-corrected chi connectivity index (χ4v) is 3.62. The number of hydrogen-bond acceptors (Lipinski definition) is 4. The molecule has 128 valence electrons. The highest BCUT2D eigenvalue weighted by atomic mass is 16.2. The molecule has 3 heterocycles. The summed E-state index contributed by atoms with van der Waals surface area (Å²) in [6.45, 7) is 5.49. The van der Waals surface area contributed by atoms with Gasteiger partial charge in [-0.1, -0.05) is 38.1 Å². The first kappa shape index (κ1) is 15.6. The molecule has 0 bridgehead atoms. The van der Waals surface area contributed by atoms with Crippen molar-refractivity contribution < 1.29 is 4.79 Å². The van der Waals surface area contributed by atoms with E-state index in [1.54, 1.807) is 0 Å². The van der Waals surface area contributed by atoms with E-state index in [1.165, 1.54) is 17.5 Å². The zero-order chi connectivity index (χ0) is 17.6. The van der Waals surface area contributed by atoms with Crippen LogP contribution in [0.2, 0.25) is 0 Å². The standard InChI is InChI=1S/C18H19N5O2/c1-18(2)9-23(8-7-11-5-3-4-6-12(11)18)17(25)15-13-14(21-22-15)16(24)20-10-19-13/h3-6,10H,7-9H2,1-2H3,(H,21,22)(H,19,20,24). The molecule has 0 atom stereocenters. The molecule has 1 aromatic carbocycles. The van der Waals surface area contributed by atoms with Crippen LogP contribution in [-0.4, -0.2) is 44.1 Å². The lowest BCUT2D eigenvalue weighted by Crippen LogP contribution is -2.40. The molecule has 4 rings (SSSR count). The highest BCUT2D eigenvalue weighted by molar-refractivity contribution is 6.02. The van der Waals surface area contributed by atoms with Gasteiger partial charge in [-0.3, -0.25) is 14.7 Å². The number of aromatic nitrogens is 4. The summed E-state index contributed by atoms with van der Waals surface area (Å²) in [5, 5.41) is 6.65. The second kappa shape index (κ2) is 5.54. The third-order valence-corrected chi connectivity index (χ3v) is 4.83. The van der Waals surface area contributed by atoms with Crippen LogP contribution in [0.5, 0.6) is 0 Å². The molecular weight excluding hydrogens is 318 g/mol. The van der Waals surface area contributed by atoms with Crippen LogP contribution in [0.25, 0.3) is 11.0 Å². The number of H-pyrrole nitrogens is 2. The van der Waals surface area contributed by atoms with Gasteiger partial charge in [0, 0.05) is 18.5 Å². The van der Waals surface area contributed by atoms with Crippen molar-refractivity contribution in [2.24, 2.45) is 0 Å². The Kier molecular flexibility index (Phi) is 3.45. The first-order chi connectivity index (χ1) is 12.0. The maximum Gasteiger partial charge on any atom is 0.279 e. The first-order valence-corrected chi connectivity index (χ1v) is 8.27. The van der Waals surface area contributed by atoms with Crippen LogP contribution < -0.4 is 5.56 Å². The van der Waals surface area contributed by atoms with Gasteiger partial charge in [-0.15, -0.1) is 0 Å². The molecular formula is C18H19N5O2. The highest BCUT2D eigenvalue weighted by Crippen LogP contribution is 2.31. The number of aromatic amines is 2. The van der Waals surface area contributed by atoms with Crippen LogP contribution in [0.15, 0.2) is 35.4 Å². The number of nitrogens with zero attached hydrogens (tertiary/aromatic N) is 3. The molecule has 0 fully saturated rings. The van der Waals surface area contributed by atoms with Gasteiger partial charge >= 0.3 is 0 Å². The topological polar surface area (TPSA) is 94.7 Å². The van der Waals surface area contributed by atoms with E-state index in [9.17, 15) is 9.59 Å². The summed E-state index contributed by atoms with van der Waals surface area (Å²) < 4.78 is 0. The van der Waals surface area contributed by atoms with Gasteiger partial charge in [-0.2, -0.15) is 5.10 Å². The largest absolute Gasteiger partial charge is 0.336 e. The van der Waals surface area contributed by atoms with Crippen molar-refractivity contribution in [2.75, 3.05) is 13.1 Å². The molecule has 0 radical (unpaired) electrons. The maximum atomic E-state index is 13.1. The Labute approximate surface area is 144 Å². The monoisotopic (exact) mass is 337 g/mol. The Balaban J connectivity index is 1.72. The van der Waals surface area contributed by atoms with E-state index in [0.717, 1.165) is 6.42 Å². The smallest absolute Gasteiger partial charge is 0.279 e. The lowest BCUT2D eigenvalue weighted by atomic mass is 9.82. The van der Waals surface area contributed by atoms with Gasteiger partial charge in [0.25, 0.3) is 11.5 Å². The predicted molar refractivity (Wildman–Crippen MR) is 93.6 cm³/mol. The van der Waals surface area contributed by atoms with Gasteiger partial charge in [-0.25, -0.2) is 4.98 Å². The van der Waals surface area contributed by atoms with Gasteiger partial charge in [0.15, 0.2) is 5.52 Å². The Bertz CT molecular complexity index is 1020. The molecule has 0 saturated carbocycles. The number of carbonyl (C=O) groups is 1. The summed E-state index contributed by atoms with van der Waals surface area (Å²) in [6.07, 6.45) is 2.09. The zero-order valence-electron chi connectivity index (χ0n) is 14.2. The van der Waals surface area contributed by atoms with Gasteiger partial charge < -0.3 is 9.88 Å². The fourth-order valence-electron chi connectivity index (χ4n) is 3.62. The van der Waals surface area contributed by atoms with Crippen LogP contribution in [0.1, 0.15) is 35.5 Å². The average Bonchev–Trinajstić information content (AvgIpc) is 2.98. The normalized spacial score (nSPS) is 16.5. The molecule has 0 unspecified atom stereocenters. The van der Waals surface area contributed by atoms with E-state index >= 15 is 0 Å². The lowest BCUT2D eigenvalue weighted by molar-refractivity contribution is 0.0728. The minimum Gasteiger partial charge on any atom is -0.336 e. The molecule has 3 aromatic rings. The molecule has 2 N–H and O–H groups in total. The van der Waals surface area contributed by atoms with E-state index < -0.39 is 0 Å². The maximum absolute atomic E-state index is 13.1. The van der Waals surface area contributed by atoms with Gasteiger partial charge in [-0.05, 0) is 17.5 Å². The van der Waals surface area contributed by atoms with Crippen molar-refractivity contribution >= 4 is 16.9 Å².